The van der Waals surface area contributed by atoms with Crippen LogP contribution in [0.1, 0.15) is 16.8 Å². The van der Waals surface area contributed by atoms with Crippen LogP contribution in [0.4, 0.5) is 27.8 Å². The number of halogens is 5. The molecule has 1 fully saturated rings. The van der Waals surface area contributed by atoms with Crippen LogP contribution in [0.15, 0.2) is 30.6 Å². The Morgan fingerprint density at radius 1 is 1.28 bits per heavy atom. The highest BCUT2D eigenvalue weighted by molar-refractivity contribution is 5.95. The monoisotopic (exact) mass is 454 g/mol. The van der Waals surface area contributed by atoms with Crippen molar-refractivity contribution in [3.8, 4) is 11.4 Å². The van der Waals surface area contributed by atoms with Gasteiger partial charge < -0.3 is 16.0 Å². The number of rotatable bonds is 6. The first-order chi connectivity index (χ1) is 15.3. The molecule has 1 amide bonds. The highest BCUT2D eigenvalue weighted by Crippen LogP contribution is 2.27. The van der Waals surface area contributed by atoms with Crippen molar-refractivity contribution < 1.29 is 26.7 Å². The van der Waals surface area contributed by atoms with Crippen molar-refractivity contribution in [1.29, 1.82) is 0 Å². The van der Waals surface area contributed by atoms with E-state index in [1.54, 1.807) is 0 Å². The molecule has 4 heterocycles. The number of aromatic nitrogens is 3. The van der Waals surface area contributed by atoms with Gasteiger partial charge in [0.25, 0.3) is 12.3 Å². The normalized spacial score (nSPS) is 18.8. The molecule has 32 heavy (non-hydrogen) atoms. The lowest BCUT2D eigenvalue weighted by Gasteiger charge is -2.28. The predicted molar refractivity (Wildman–Crippen MR) is 106 cm³/mol. The van der Waals surface area contributed by atoms with E-state index in [0.29, 0.717) is 12.6 Å². The molecule has 3 aromatic heterocycles. The van der Waals surface area contributed by atoms with E-state index in [9.17, 15) is 26.7 Å². The van der Waals surface area contributed by atoms with Crippen molar-refractivity contribution in [2.24, 2.45) is 0 Å². The number of piperidine rings is 1. The molecule has 170 valence electrons. The molecule has 7 nitrogen and oxygen atoms in total. The maximum absolute atomic E-state index is 14.6. The van der Waals surface area contributed by atoms with E-state index >= 15 is 0 Å². The lowest BCUT2D eigenvalue weighted by molar-refractivity contribution is 0.0891. The van der Waals surface area contributed by atoms with Gasteiger partial charge in [-0.05, 0) is 25.1 Å². The third kappa shape index (κ3) is 4.49. The first kappa shape index (κ1) is 21.9. The van der Waals surface area contributed by atoms with E-state index in [0.717, 1.165) is 0 Å². The number of fused-ring (bicyclic) bond motifs is 1. The summed E-state index contributed by atoms with van der Waals surface area (Å²) in [6.07, 6.45) is -0.962. The van der Waals surface area contributed by atoms with Crippen LogP contribution < -0.4 is 16.0 Å². The predicted octanol–water partition coefficient (Wildman–Crippen LogP) is 2.78. The quantitative estimate of drug-likeness (QED) is 0.499. The number of carbonyl (C=O) groups excluding carboxylic acids is 1. The molecule has 1 aliphatic rings. The number of hydrogen-bond donors (Lipinski definition) is 3. The highest BCUT2D eigenvalue weighted by Gasteiger charge is 2.26. The third-order valence-corrected chi connectivity index (χ3v) is 5.08. The fourth-order valence-electron chi connectivity index (χ4n) is 3.46. The van der Waals surface area contributed by atoms with E-state index in [2.05, 4.69) is 25.9 Å². The first-order valence-corrected chi connectivity index (χ1v) is 9.84. The standard InChI is InChI=1S/C20H19F5N6O/c21-11-1-3-26-7-14(11)29-19-13(23)6-12(22)18(30-19)15-8-27-17-5-10(2-4-31(15)17)20(32)28-9-16(24)25/h2,4-6,8,11,14,16,26H,1,3,7,9H2,(H,28,32)(H,29,30). The summed E-state index contributed by atoms with van der Waals surface area (Å²) in [6, 6.07) is 2.62. The summed E-state index contributed by atoms with van der Waals surface area (Å²) in [5, 5.41) is 7.77. The topological polar surface area (TPSA) is 83.4 Å². The van der Waals surface area contributed by atoms with Crippen molar-refractivity contribution in [1.82, 2.24) is 25.0 Å². The minimum Gasteiger partial charge on any atom is -0.361 e. The van der Waals surface area contributed by atoms with Gasteiger partial charge in [0.15, 0.2) is 17.5 Å². The van der Waals surface area contributed by atoms with Gasteiger partial charge in [0.1, 0.15) is 17.5 Å². The Hall–Kier alpha value is -3.28. The van der Waals surface area contributed by atoms with Gasteiger partial charge in [0, 0.05) is 24.4 Å². The molecule has 2 unspecified atom stereocenters. The molecule has 2 atom stereocenters. The smallest absolute Gasteiger partial charge is 0.255 e. The van der Waals surface area contributed by atoms with Crippen LogP contribution in [0.3, 0.4) is 0 Å². The Balaban J connectivity index is 1.64. The highest BCUT2D eigenvalue weighted by atomic mass is 19.3. The van der Waals surface area contributed by atoms with Crippen molar-refractivity contribution in [2.75, 3.05) is 25.0 Å². The molecule has 0 aliphatic carbocycles. The number of nitrogens with zero attached hydrogens (tertiary/aromatic N) is 3. The Bertz CT molecular complexity index is 1140. The van der Waals surface area contributed by atoms with Crippen LogP contribution in [0.2, 0.25) is 0 Å². The summed E-state index contributed by atoms with van der Waals surface area (Å²) in [6.45, 7) is -0.0185. The van der Waals surface area contributed by atoms with E-state index in [1.807, 2.05) is 0 Å². The molecule has 0 bridgehead atoms. The number of alkyl halides is 3. The molecule has 3 aromatic rings. The van der Waals surface area contributed by atoms with Crippen molar-refractivity contribution in [3.63, 3.8) is 0 Å². The fourth-order valence-corrected chi connectivity index (χ4v) is 3.46. The largest absolute Gasteiger partial charge is 0.361 e. The summed E-state index contributed by atoms with van der Waals surface area (Å²) in [4.78, 5) is 20.1. The third-order valence-electron chi connectivity index (χ3n) is 5.08. The SMILES string of the molecule is O=C(NCC(F)F)c1ccn2c(-c3nc(NC4CNCCC4F)c(F)cc3F)cnc2c1. The zero-order chi connectivity index (χ0) is 22.8. The van der Waals surface area contributed by atoms with E-state index in [4.69, 9.17) is 0 Å². The fraction of sp³-hybridized carbons (Fsp3) is 0.350. The van der Waals surface area contributed by atoms with Crippen LogP contribution in [0.25, 0.3) is 17.0 Å². The van der Waals surface area contributed by atoms with Crippen molar-refractivity contribution in [3.05, 3.63) is 47.8 Å². The van der Waals surface area contributed by atoms with Gasteiger partial charge in [-0.25, -0.2) is 31.9 Å². The molecular formula is C20H19F5N6O. The van der Waals surface area contributed by atoms with Gasteiger partial charge in [-0.1, -0.05) is 0 Å². The second-order valence-electron chi connectivity index (χ2n) is 7.30. The summed E-state index contributed by atoms with van der Waals surface area (Å²) >= 11 is 0. The van der Waals surface area contributed by atoms with E-state index in [1.165, 1.54) is 28.9 Å². The number of pyridine rings is 2. The summed E-state index contributed by atoms with van der Waals surface area (Å²) < 4.78 is 69.0. The first-order valence-electron chi connectivity index (χ1n) is 9.84. The molecule has 12 heteroatoms. The zero-order valence-corrected chi connectivity index (χ0v) is 16.6. The van der Waals surface area contributed by atoms with Gasteiger partial charge >= 0.3 is 0 Å². The molecule has 0 aromatic carbocycles. The molecule has 0 radical (unpaired) electrons. The van der Waals surface area contributed by atoms with Gasteiger partial charge in [0.05, 0.1) is 24.5 Å². The Morgan fingerprint density at radius 3 is 2.84 bits per heavy atom. The zero-order valence-electron chi connectivity index (χ0n) is 16.6. The molecule has 3 N–H and O–H groups in total. The second kappa shape index (κ2) is 9.07. The Kier molecular flexibility index (Phi) is 6.21. The van der Waals surface area contributed by atoms with Crippen LogP contribution in [0, 0.1) is 11.6 Å². The molecule has 0 spiro atoms. The Morgan fingerprint density at radius 2 is 2.09 bits per heavy atom. The molecule has 1 aliphatic heterocycles. The summed E-state index contributed by atoms with van der Waals surface area (Å²) in [7, 11) is 0. The number of hydrogen-bond acceptors (Lipinski definition) is 5. The van der Waals surface area contributed by atoms with E-state index < -0.39 is 42.7 Å². The molecule has 4 rings (SSSR count). The lowest BCUT2D eigenvalue weighted by atomic mass is 10.1. The lowest BCUT2D eigenvalue weighted by Crippen LogP contribution is -2.46. The van der Waals surface area contributed by atoms with Gasteiger partial charge in [-0.15, -0.1) is 0 Å². The number of imidazole rings is 1. The molecular weight excluding hydrogens is 435 g/mol. The summed E-state index contributed by atoms with van der Waals surface area (Å²) in [5.74, 6) is -2.92. The number of amides is 1. The Labute approximate surface area is 179 Å². The maximum Gasteiger partial charge on any atom is 0.255 e. The van der Waals surface area contributed by atoms with Gasteiger partial charge in [0.2, 0.25) is 0 Å². The van der Waals surface area contributed by atoms with Gasteiger partial charge in [-0.3, -0.25) is 9.20 Å². The average molecular weight is 454 g/mol. The minimum absolute atomic E-state index is 0.0870. The van der Waals surface area contributed by atoms with Crippen molar-refractivity contribution in [2.45, 2.75) is 25.1 Å². The second-order valence-corrected chi connectivity index (χ2v) is 7.30. The van der Waals surface area contributed by atoms with Crippen LogP contribution in [-0.2, 0) is 0 Å². The molecule has 1 saturated heterocycles. The van der Waals surface area contributed by atoms with Crippen LogP contribution in [0.5, 0.6) is 0 Å². The average Bonchev–Trinajstić information content (AvgIpc) is 3.18. The summed E-state index contributed by atoms with van der Waals surface area (Å²) in [5.41, 5.74) is 0.253. The van der Waals surface area contributed by atoms with Crippen molar-refractivity contribution >= 4 is 17.4 Å². The number of nitrogens with one attached hydrogen (secondary N) is 3. The minimum atomic E-state index is -2.69. The maximum atomic E-state index is 14.6. The number of carbonyl (C=O) groups is 1. The molecule has 0 saturated carbocycles. The van der Waals surface area contributed by atoms with Crippen LogP contribution >= 0.6 is 0 Å². The van der Waals surface area contributed by atoms with E-state index in [-0.39, 0.29) is 41.4 Å². The van der Waals surface area contributed by atoms with Gasteiger partial charge in [-0.2, -0.15) is 0 Å². The van der Waals surface area contributed by atoms with Crippen LogP contribution in [-0.4, -0.2) is 58.5 Å². The number of anilines is 1.